The maximum Gasteiger partial charge on any atom is 0.143 e. The minimum Gasteiger partial charge on any atom is -0.506 e. The van der Waals surface area contributed by atoms with E-state index in [9.17, 15) is 5.11 Å². The van der Waals surface area contributed by atoms with Gasteiger partial charge in [0.2, 0.25) is 0 Å². The van der Waals surface area contributed by atoms with E-state index < -0.39 is 0 Å². The predicted octanol–water partition coefficient (Wildman–Crippen LogP) is 5.45. The lowest BCUT2D eigenvalue weighted by Crippen LogP contribution is -2.55. The molecule has 134 valence electrons. The normalized spacial score (nSPS) is 18.3. The fourth-order valence-electron chi connectivity index (χ4n) is 4.23. The smallest absolute Gasteiger partial charge is 0.143 e. The number of azo groups is 1. The highest BCUT2D eigenvalue weighted by atomic mass is 16.3. The van der Waals surface area contributed by atoms with Crippen LogP contribution in [0.1, 0.15) is 39.0 Å². The van der Waals surface area contributed by atoms with Crippen molar-refractivity contribution in [3.63, 3.8) is 0 Å². The van der Waals surface area contributed by atoms with Crippen LogP contribution in [0.2, 0.25) is 0 Å². The highest BCUT2D eigenvalue weighted by Gasteiger charge is 2.39. The molecule has 5 heteroatoms. The number of benzene rings is 2. The molecular weight excluding hydrogens is 324 g/mol. The zero-order chi connectivity index (χ0) is 18.5. The Kier molecular flexibility index (Phi) is 3.66. The second-order valence-corrected chi connectivity index (χ2v) is 8.18. The van der Waals surface area contributed by atoms with Gasteiger partial charge in [0, 0.05) is 39.7 Å². The number of phenols is 1. The summed E-state index contributed by atoms with van der Waals surface area (Å²) in [5.41, 5.74) is 4.33. The van der Waals surface area contributed by atoms with Gasteiger partial charge in [-0.1, -0.05) is 18.2 Å². The third kappa shape index (κ3) is 2.78. The fraction of sp³-hybridized carbons (Fsp3) is 0.333. The average molecular weight is 348 g/mol. The van der Waals surface area contributed by atoms with Crippen LogP contribution in [-0.2, 0) is 12.0 Å². The van der Waals surface area contributed by atoms with Gasteiger partial charge < -0.3 is 15.4 Å². The minimum absolute atomic E-state index is 0.00879. The Bertz CT molecular complexity index is 1000. The lowest BCUT2D eigenvalue weighted by molar-refractivity contribution is 0.242. The number of hydrogen-bond acceptors (Lipinski definition) is 4. The summed E-state index contributed by atoms with van der Waals surface area (Å²) in [7, 11) is 0. The number of rotatable bonds is 2. The monoisotopic (exact) mass is 348 g/mol. The van der Waals surface area contributed by atoms with Crippen LogP contribution in [0.4, 0.5) is 11.4 Å². The van der Waals surface area contributed by atoms with E-state index >= 15 is 0 Å². The summed E-state index contributed by atoms with van der Waals surface area (Å²) >= 11 is 0. The van der Waals surface area contributed by atoms with Crippen molar-refractivity contribution in [1.82, 2.24) is 10.3 Å². The zero-order valence-corrected chi connectivity index (χ0v) is 15.6. The molecule has 3 aromatic rings. The van der Waals surface area contributed by atoms with Crippen molar-refractivity contribution in [2.24, 2.45) is 10.2 Å². The second kappa shape index (κ2) is 5.68. The first-order valence-electron chi connectivity index (χ1n) is 8.90. The van der Waals surface area contributed by atoms with E-state index in [1.807, 2.05) is 36.4 Å². The molecule has 0 bridgehead atoms. The highest BCUT2D eigenvalue weighted by Crippen LogP contribution is 2.45. The minimum atomic E-state index is -0.250. The summed E-state index contributed by atoms with van der Waals surface area (Å²) in [6, 6.07) is 13.1. The summed E-state index contributed by atoms with van der Waals surface area (Å²) in [4.78, 5) is 3.54. The van der Waals surface area contributed by atoms with E-state index in [2.05, 4.69) is 48.2 Å². The van der Waals surface area contributed by atoms with Crippen molar-refractivity contribution >= 4 is 22.3 Å². The van der Waals surface area contributed by atoms with Crippen LogP contribution in [0.15, 0.2) is 52.7 Å². The Morgan fingerprint density at radius 2 is 1.69 bits per heavy atom. The molecular formula is C21H24N4O. The van der Waals surface area contributed by atoms with E-state index in [0.717, 1.165) is 28.6 Å². The van der Waals surface area contributed by atoms with Gasteiger partial charge in [-0.2, -0.15) is 5.11 Å². The number of hydrogen-bond donors (Lipinski definition) is 3. The van der Waals surface area contributed by atoms with Crippen molar-refractivity contribution < 1.29 is 5.11 Å². The SMILES string of the molecule is CC1(C)Cc2[nH]c3ccc(O)c(N=Nc4ccccc4)c3c2C(C)(C)N1. The van der Waals surface area contributed by atoms with Gasteiger partial charge in [0.05, 0.1) is 5.69 Å². The first-order valence-corrected chi connectivity index (χ1v) is 8.90. The number of aromatic amines is 1. The van der Waals surface area contributed by atoms with Crippen LogP contribution < -0.4 is 5.32 Å². The van der Waals surface area contributed by atoms with E-state index in [1.165, 1.54) is 5.69 Å². The third-order valence-corrected chi connectivity index (χ3v) is 4.91. The summed E-state index contributed by atoms with van der Waals surface area (Å²) in [5, 5.41) is 23.9. The van der Waals surface area contributed by atoms with Gasteiger partial charge in [0.1, 0.15) is 11.4 Å². The van der Waals surface area contributed by atoms with Crippen molar-refractivity contribution in [2.75, 3.05) is 0 Å². The van der Waals surface area contributed by atoms with E-state index in [-0.39, 0.29) is 16.8 Å². The Morgan fingerprint density at radius 3 is 2.42 bits per heavy atom. The number of phenolic OH excluding ortho intramolecular Hbond substituents is 1. The molecule has 0 amide bonds. The van der Waals surface area contributed by atoms with Crippen molar-refractivity contribution in [3.05, 3.63) is 53.7 Å². The van der Waals surface area contributed by atoms with Gasteiger partial charge in [-0.3, -0.25) is 0 Å². The molecule has 1 aliphatic heterocycles. The molecule has 0 atom stereocenters. The van der Waals surface area contributed by atoms with Crippen molar-refractivity contribution in [3.8, 4) is 5.75 Å². The number of fused-ring (bicyclic) bond motifs is 3. The van der Waals surface area contributed by atoms with E-state index in [1.54, 1.807) is 6.07 Å². The quantitative estimate of drug-likeness (QED) is 0.539. The Morgan fingerprint density at radius 1 is 0.962 bits per heavy atom. The fourth-order valence-corrected chi connectivity index (χ4v) is 4.23. The number of aromatic nitrogens is 1. The first-order chi connectivity index (χ1) is 12.3. The van der Waals surface area contributed by atoms with Crippen LogP contribution in [0.5, 0.6) is 5.75 Å². The number of nitrogens with one attached hydrogen (secondary N) is 2. The molecule has 1 aromatic heterocycles. The van der Waals surface area contributed by atoms with Crippen molar-refractivity contribution in [2.45, 2.75) is 45.2 Å². The molecule has 1 aliphatic rings. The van der Waals surface area contributed by atoms with Crippen LogP contribution in [0.25, 0.3) is 10.9 Å². The Labute approximate surface area is 153 Å². The lowest BCUT2D eigenvalue weighted by Gasteiger charge is -2.42. The molecule has 0 radical (unpaired) electrons. The van der Waals surface area contributed by atoms with Crippen LogP contribution in [0, 0.1) is 0 Å². The maximum atomic E-state index is 10.5. The molecule has 2 heterocycles. The van der Waals surface area contributed by atoms with Crippen LogP contribution in [0.3, 0.4) is 0 Å². The number of H-pyrrole nitrogens is 1. The van der Waals surface area contributed by atoms with Gasteiger partial charge in [-0.05, 0) is 52.0 Å². The molecule has 0 saturated carbocycles. The largest absolute Gasteiger partial charge is 0.506 e. The summed E-state index contributed by atoms with van der Waals surface area (Å²) < 4.78 is 0. The first kappa shape index (κ1) is 16.8. The zero-order valence-electron chi connectivity index (χ0n) is 15.6. The van der Waals surface area contributed by atoms with Crippen molar-refractivity contribution in [1.29, 1.82) is 0 Å². The number of nitrogens with zero attached hydrogens (tertiary/aromatic N) is 2. The standard InChI is InChI=1S/C21H24N4O/c1-20(2)12-15-18(21(3,4)25-20)17-14(22-15)10-11-16(26)19(17)24-23-13-8-6-5-7-9-13/h5-11,22,25-26H,12H2,1-4H3. The molecule has 3 N–H and O–H groups in total. The molecule has 5 nitrogen and oxygen atoms in total. The molecule has 4 rings (SSSR count). The summed E-state index contributed by atoms with van der Waals surface area (Å²) in [6.07, 6.45) is 0.885. The molecule has 0 fully saturated rings. The van der Waals surface area contributed by atoms with E-state index in [4.69, 9.17) is 0 Å². The van der Waals surface area contributed by atoms with Gasteiger partial charge in [-0.15, -0.1) is 5.11 Å². The number of aromatic hydroxyl groups is 1. The maximum absolute atomic E-state index is 10.5. The highest BCUT2D eigenvalue weighted by molar-refractivity contribution is 5.98. The summed E-state index contributed by atoms with van der Waals surface area (Å²) in [6.45, 7) is 8.75. The molecule has 0 saturated heterocycles. The summed E-state index contributed by atoms with van der Waals surface area (Å²) in [5.74, 6) is 0.139. The topological polar surface area (TPSA) is 72.8 Å². The second-order valence-electron chi connectivity index (χ2n) is 8.18. The third-order valence-electron chi connectivity index (χ3n) is 4.91. The van der Waals surface area contributed by atoms with Gasteiger partial charge in [-0.25, -0.2) is 0 Å². The predicted molar refractivity (Wildman–Crippen MR) is 105 cm³/mol. The average Bonchev–Trinajstić information content (AvgIpc) is 2.92. The van der Waals surface area contributed by atoms with Crippen LogP contribution in [-0.4, -0.2) is 15.6 Å². The van der Waals surface area contributed by atoms with Gasteiger partial charge >= 0.3 is 0 Å². The molecule has 2 aromatic carbocycles. The van der Waals surface area contributed by atoms with Crippen LogP contribution >= 0.6 is 0 Å². The van der Waals surface area contributed by atoms with E-state index in [0.29, 0.717) is 5.69 Å². The lowest BCUT2D eigenvalue weighted by atomic mass is 9.80. The van der Waals surface area contributed by atoms with Gasteiger partial charge in [0.25, 0.3) is 0 Å². The molecule has 26 heavy (non-hydrogen) atoms. The Hall–Kier alpha value is -2.66. The van der Waals surface area contributed by atoms with Gasteiger partial charge in [0.15, 0.2) is 0 Å². The molecule has 0 spiro atoms. The Balaban J connectivity index is 1.93. The molecule has 0 aliphatic carbocycles. The molecule has 0 unspecified atom stereocenters.